The zero-order chi connectivity index (χ0) is 13.0. The van der Waals surface area contributed by atoms with Crippen molar-refractivity contribution in [3.8, 4) is 11.4 Å². The van der Waals surface area contributed by atoms with Crippen molar-refractivity contribution in [3.05, 3.63) is 54.0 Å². The maximum Gasteiger partial charge on any atom is 0.252 e. The van der Waals surface area contributed by atoms with Gasteiger partial charge in [-0.1, -0.05) is 6.07 Å². The average Bonchev–Trinajstić information content (AvgIpc) is 2.84. The molecule has 19 heavy (non-hydrogen) atoms. The van der Waals surface area contributed by atoms with Crippen LogP contribution in [0.3, 0.4) is 0 Å². The fourth-order valence-electron chi connectivity index (χ4n) is 2.38. The van der Waals surface area contributed by atoms with Gasteiger partial charge in [0.15, 0.2) is 0 Å². The molecule has 3 aromatic rings. The SMILES string of the molecule is O=C1C(=O)c2c(nc3ccccn23)-c2ncccc21. The molecule has 3 heterocycles. The first kappa shape index (κ1) is 10.1. The Kier molecular flexibility index (Phi) is 1.79. The van der Waals surface area contributed by atoms with Crippen molar-refractivity contribution in [1.29, 1.82) is 0 Å². The molecule has 0 radical (unpaired) electrons. The highest BCUT2D eigenvalue weighted by Crippen LogP contribution is 2.31. The third-order valence-electron chi connectivity index (χ3n) is 3.23. The van der Waals surface area contributed by atoms with E-state index in [0.29, 0.717) is 28.3 Å². The number of imidazole rings is 1. The van der Waals surface area contributed by atoms with Crippen LogP contribution in [0.1, 0.15) is 20.8 Å². The third kappa shape index (κ3) is 1.18. The van der Waals surface area contributed by atoms with E-state index < -0.39 is 11.6 Å². The Morgan fingerprint density at radius 3 is 2.74 bits per heavy atom. The number of aromatic nitrogens is 3. The highest BCUT2D eigenvalue weighted by Gasteiger charge is 2.35. The summed E-state index contributed by atoms with van der Waals surface area (Å²) in [7, 11) is 0. The molecular formula is C14H7N3O2. The minimum Gasteiger partial charge on any atom is -0.296 e. The molecular weight excluding hydrogens is 242 g/mol. The van der Waals surface area contributed by atoms with Gasteiger partial charge in [-0.2, -0.15) is 0 Å². The number of carbonyl (C=O) groups excluding carboxylic acids is 2. The zero-order valence-electron chi connectivity index (χ0n) is 9.70. The summed E-state index contributed by atoms with van der Waals surface area (Å²) in [5, 5.41) is 0. The summed E-state index contributed by atoms with van der Waals surface area (Å²) in [6.45, 7) is 0. The van der Waals surface area contributed by atoms with Crippen LogP contribution in [0.5, 0.6) is 0 Å². The predicted octanol–water partition coefficient (Wildman–Crippen LogP) is 1.78. The Bertz CT molecular complexity index is 864. The quantitative estimate of drug-likeness (QED) is 0.569. The summed E-state index contributed by atoms with van der Waals surface area (Å²) in [6.07, 6.45) is 3.32. The molecule has 0 atom stereocenters. The fraction of sp³-hybridized carbons (Fsp3) is 0. The summed E-state index contributed by atoms with van der Waals surface area (Å²) in [5.41, 5.74) is 2.21. The van der Waals surface area contributed by atoms with E-state index in [1.54, 1.807) is 41.1 Å². The number of hydrogen-bond donors (Lipinski definition) is 0. The van der Waals surface area contributed by atoms with E-state index in [9.17, 15) is 9.59 Å². The maximum absolute atomic E-state index is 12.2. The van der Waals surface area contributed by atoms with Crippen LogP contribution in [0.2, 0.25) is 0 Å². The molecule has 0 N–H and O–H groups in total. The molecule has 0 bridgehead atoms. The van der Waals surface area contributed by atoms with E-state index in [1.807, 2.05) is 6.07 Å². The standard InChI is InChI=1S/C14H7N3O2/c18-13-8-4-3-6-15-10(8)11-12(14(13)19)17-7-2-1-5-9(17)16-11/h1-7H. The van der Waals surface area contributed by atoms with Crippen molar-refractivity contribution in [2.45, 2.75) is 0 Å². The van der Waals surface area contributed by atoms with Crippen LogP contribution in [-0.2, 0) is 0 Å². The van der Waals surface area contributed by atoms with Gasteiger partial charge in [-0.3, -0.25) is 19.0 Å². The molecule has 0 spiro atoms. The monoisotopic (exact) mass is 249 g/mol. The van der Waals surface area contributed by atoms with Crippen LogP contribution in [0, 0.1) is 0 Å². The van der Waals surface area contributed by atoms with Crippen molar-refractivity contribution in [1.82, 2.24) is 14.4 Å². The number of carbonyl (C=O) groups is 2. The van der Waals surface area contributed by atoms with Gasteiger partial charge in [0.1, 0.15) is 22.7 Å². The van der Waals surface area contributed by atoms with E-state index in [0.717, 1.165) is 0 Å². The van der Waals surface area contributed by atoms with Crippen LogP contribution in [0.4, 0.5) is 0 Å². The van der Waals surface area contributed by atoms with E-state index >= 15 is 0 Å². The van der Waals surface area contributed by atoms with Gasteiger partial charge >= 0.3 is 0 Å². The van der Waals surface area contributed by atoms with Crippen molar-refractivity contribution >= 4 is 17.2 Å². The van der Waals surface area contributed by atoms with Crippen LogP contribution >= 0.6 is 0 Å². The summed E-state index contributed by atoms with van der Waals surface area (Å²) >= 11 is 0. The smallest absolute Gasteiger partial charge is 0.252 e. The van der Waals surface area contributed by atoms with E-state index in [-0.39, 0.29) is 0 Å². The van der Waals surface area contributed by atoms with Crippen molar-refractivity contribution < 1.29 is 9.59 Å². The lowest BCUT2D eigenvalue weighted by atomic mass is 9.94. The van der Waals surface area contributed by atoms with Gasteiger partial charge in [0.2, 0.25) is 5.78 Å². The Hall–Kier alpha value is -2.82. The molecule has 3 aromatic heterocycles. The second kappa shape index (κ2) is 3.35. The molecule has 0 aromatic carbocycles. The first-order chi connectivity index (χ1) is 9.27. The first-order valence-corrected chi connectivity index (χ1v) is 5.79. The Morgan fingerprint density at radius 2 is 1.84 bits per heavy atom. The van der Waals surface area contributed by atoms with Gasteiger partial charge in [-0.25, -0.2) is 4.98 Å². The normalized spacial score (nSPS) is 13.5. The first-order valence-electron chi connectivity index (χ1n) is 5.79. The van der Waals surface area contributed by atoms with Crippen LogP contribution in [0.15, 0.2) is 42.7 Å². The Labute approximate surface area is 107 Å². The molecule has 5 nitrogen and oxygen atoms in total. The highest BCUT2D eigenvalue weighted by molar-refractivity contribution is 6.52. The molecule has 0 fully saturated rings. The molecule has 1 aliphatic rings. The second-order valence-electron chi connectivity index (χ2n) is 4.30. The number of hydrogen-bond acceptors (Lipinski definition) is 4. The fourth-order valence-corrected chi connectivity index (χ4v) is 2.38. The van der Waals surface area contributed by atoms with Gasteiger partial charge in [0.05, 0.1) is 5.56 Å². The number of nitrogens with zero attached hydrogens (tertiary/aromatic N) is 3. The third-order valence-corrected chi connectivity index (χ3v) is 3.23. The summed E-state index contributed by atoms with van der Waals surface area (Å²) in [6, 6.07) is 8.67. The van der Waals surface area contributed by atoms with Gasteiger partial charge in [-0.05, 0) is 24.3 Å². The number of rotatable bonds is 0. The minimum absolute atomic E-state index is 0.298. The lowest BCUT2D eigenvalue weighted by Crippen LogP contribution is -2.23. The summed E-state index contributed by atoms with van der Waals surface area (Å²) in [5.74, 6) is -1.06. The Balaban J connectivity index is 2.20. The van der Waals surface area contributed by atoms with Gasteiger partial charge < -0.3 is 0 Å². The van der Waals surface area contributed by atoms with Crippen LogP contribution < -0.4 is 0 Å². The lowest BCUT2D eigenvalue weighted by molar-refractivity contribution is 0.0811. The number of ketones is 2. The predicted molar refractivity (Wildman–Crippen MR) is 67.1 cm³/mol. The van der Waals surface area contributed by atoms with E-state index in [2.05, 4.69) is 9.97 Å². The topological polar surface area (TPSA) is 64.3 Å². The number of pyridine rings is 2. The Morgan fingerprint density at radius 1 is 0.947 bits per heavy atom. The summed E-state index contributed by atoms with van der Waals surface area (Å²) < 4.78 is 1.63. The summed E-state index contributed by atoms with van der Waals surface area (Å²) in [4.78, 5) is 32.9. The van der Waals surface area contributed by atoms with Crippen LogP contribution in [-0.4, -0.2) is 25.9 Å². The minimum atomic E-state index is -0.533. The molecule has 90 valence electrons. The highest BCUT2D eigenvalue weighted by atomic mass is 16.2. The zero-order valence-corrected chi connectivity index (χ0v) is 9.70. The number of fused-ring (bicyclic) bond motifs is 5. The molecule has 0 aliphatic heterocycles. The molecule has 0 saturated heterocycles. The van der Waals surface area contributed by atoms with Crippen LogP contribution in [0.25, 0.3) is 17.0 Å². The van der Waals surface area contributed by atoms with Crippen molar-refractivity contribution in [2.75, 3.05) is 0 Å². The molecule has 0 saturated carbocycles. The van der Waals surface area contributed by atoms with Gasteiger partial charge in [0, 0.05) is 12.4 Å². The van der Waals surface area contributed by atoms with Crippen molar-refractivity contribution in [3.63, 3.8) is 0 Å². The van der Waals surface area contributed by atoms with Gasteiger partial charge in [0.25, 0.3) is 5.78 Å². The molecule has 1 aliphatic carbocycles. The average molecular weight is 249 g/mol. The molecule has 0 amide bonds. The second-order valence-corrected chi connectivity index (χ2v) is 4.30. The largest absolute Gasteiger partial charge is 0.296 e. The van der Waals surface area contributed by atoms with E-state index in [1.165, 1.54) is 0 Å². The molecule has 5 heteroatoms. The maximum atomic E-state index is 12.2. The molecule has 0 unspecified atom stereocenters. The lowest BCUT2D eigenvalue weighted by Gasteiger charge is -2.11. The van der Waals surface area contributed by atoms with Gasteiger partial charge in [-0.15, -0.1) is 0 Å². The van der Waals surface area contributed by atoms with Crippen molar-refractivity contribution in [2.24, 2.45) is 0 Å². The molecule has 4 rings (SSSR count). The van der Waals surface area contributed by atoms with E-state index in [4.69, 9.17) is 0 Å². The number of Topliss-reactive ketones (excluding diaryl/α,β-unsaturated/α-hetero) is 2.